The molecule has 1 aromatic carbocycles. The molecule has 0 spiro atoms. The smallest absolute Gasteiger partial charge is 0.471 e. The van der Waals surface area contributed by atoms with E-state index in [2.05, 4.69) is 4.74 Å². The zero-order valence-electron chi connectivity index (χ0n) is 11.0. The van der Waals surface area contributed by atoms with Gasteiger partial charge in [-0.3, -0.25) is 4.79 Å². The Balaban J connectivity index is 3.28. The van der Waals surface area contributed by atoms with Crippen molar-refractivity contribution >= 4 is 11.9 Å². The first kappa shape index (κ1) is 17.7. The van der Waals surface area contributed by atoms with Crippen LogP contribution >= 0.6 is 0 Å². The molecule has 1 unspecified atom stereocenters. The third-order valence-corrected chi connectivity index (χ3v) is 2.61. The molecule has 0 aromatic heterocycles. The summed E-state index contributed by atoms with van der Waals surface area (Å²) in [5.74, 6) is -4.89. The highest BCUT2D eigenvalue weighted by atomic mass is 19.4. The molecule has 0 saturated heterocycles. The predicted octanol–water partition coefficient (Wildman–Crippen LogP) is 2.43. The van der Waals surface area contributed by atoms with Gasteiger partial charge in [0.15, 0.2) is 6.04 Å². The van der Waals surface area contributed by atoms with E-state index in [-0.39, 0.29) is 4.90 Å². The number of ether oxygens (including phenoxy) is 1. The van der Waals surface area contributed by atoms with Crippen molar-refractivity contribution in [1.29, 1.82) is 0 Å². The zero-order valence-corrected chi connectivity index (χ0v) is 11.0. The molecule has 0 radical (unpaired) electrons. The van der Waals surface area contributed by atoms with Crippen LogP contribution in [0.2, 0.25) is 0 Å². The average Bonchev–Trinajstić information content (AvgIpc) is 2.37. The van der Waals surface area contributed by atoms with Gasteiger partial charge in [-0.25, -0.2) is 4.79 Å². The summed E-state index contributed by atoms with van der Waals surface area (Å²) in [7, 11) is 0.605. The fourth-order valence-electron chi connectivity index (χ4n) is 1.73. The largest absolute Gasteiger partial charge is 0.479 e. The maximum absolute atomic E-state index is 12.4. The second-order valence-corrected chi connectivity index (χ2v) is 4.07. The molecule has 1 atom stereocenters. The van der Waals surface area contributed by atoms with Crippen molar-refractivity contribution in [2.45, 2.75) is 18.8 Å². The number of carbonyl (C=O) groups excluding carboxylic acids is 1. The minimum Gasteiger partial charge on any atom is -0.479 e. The van der Waals surface area contributed by atoms with Crippen LogP contribution in [0.5, 0.6) is 5.75 Å². The van der Waals surface area contributed by atoms with Crippen LogP contribution in [0.15, 0.2) is 24.3 Å². The number of para-hydroxylation sites is 1. The van der Waals surface area contributed by atoms with Crippen LogP contribution < -0.4 is 4.74 Å². The van der Waals surface area contributed by atoms with Crippen molar-refractivity contribution in [2.24, 2.45) is 0 Å². The molecule has 22 heavy (non-hydrogen) atoms. The van der Waals surface area contributed by atoms with Crippen molar-refractivity contribution in [3.8, 4) is 5.75 Å². The fraction of sp³-hybridized carbons (Fsp3) is 0.333. The third kappa shape index (κ3) is 4.06. The first-order chi connectivity index (χ1) is 10.1. The van der Waals surface area contributed by atoms with Crippen LogP contribution in [0.25, 0.3) is 0 Å². The summed E-state index contributed by atoms with van der Waals surface area (Å²) < 4.78 is 65.9. The lowest BCUT2D eigenvalue weighted by Crippen LogP contribution is -2.43. The van der Waals surface area contributed by atoms with Crippen molar-refractivity contribution < 1.29 is 41.4 Å². The maximum Gasteiger partial charge on any atom is 0.471 e. The van der Waals surface area contributed by atoms with E-state index in [1.807, 2.05) is 0 Å². The number of carbonyl (C=O) groups is 2. The van der Waals surface area contributed by atoms with Crippen LogP contribution in [0.3, 0.4) is 0 Å². The highest BCUT2D eigenvalue weighted by Crippen LogP contribution is 2.32. The van der Waals surface area contributed by atoms with E-state index in [9.17, 15) is 31.5 Å². The molecule has 0 aliphatic carbocycles. The van der Waals surface area contributed by atoms with Crippen LogP contribution in [0.1, 0.15) is 11.6 Å². The summed E-state index contributed by atoms with van der Waals surface area (Å²) in [4.78, 5) is 22.3. The number of carboxylic acids is 1. The summed E-state index contributed by atoms with van der Waals surface area (Å²) >= 11 is 0. The molecule has 0 fully saturated rings. The molecule has 122 valence electrons. The molecule has 1 rings (SSSR count). The highest BCUT2D eigenvalue weighted by Gasteiger charge is 2.45. The molecule has 0 bridgehead atoms. The molecule has 0 saturated carbocycles. The Kier molecular flexibility index (Phi) is 5.28. The normalized spacial score (nSPS) is 12.9. The molecule has 0 aliphatic rings. The Hall–Kier alpha value is -2.39. The van der Waals surface area contributed by atoms with E-state index in [4.69, 9.17) is 5.11 Å². The Morgan fingerprint density at radius 3 is 2.23 bits per heavy atom. The second kappa shape index (κ2) is 6.58. The number of nitrogens with zero attached hydrogens (tertiary/aromatic N) is 1. The Bertz CT molecular complexity index is 561. The number of rotatable bonds is 5. The predicted molar refractivity (Wildman–Crippen MR) is 62.3 cm³/mol. The number of halogens is 5. The van der Waals surface area contributed by atoms with E-state index < -0.39 is 42.0 Å². The minimum atomic E-state index is -5.30. The number of alkyl halides is 5. The average molecular weight is 327 g/mol. The quantitative estimate of drug-likeness (QED) is 0.844. The number of benzene rings is 1. The van der Waals surface area contributed by atoms with Gasteiger partial charge < -0.3 is 14.7 Å². The number of hydrogen-bond donors (Lipinski definition) is 1. The van der Waals surface area contributed by atoms with Gasteiger partial charge in [-0.2, -0.15) is 22.0 Å². The first-order valence-corrected chi connectivity index (χ1v) is 5.66. The fourth-order valence-corrected chi connectivity index (χ4v) is 1.73. The summed E-state index contributed by atoms with van der Waals surface area (Å²) in [5.41, 5.74) is -0.504. The molecule has 1 amide bonds. The Labute approximate surface area is 120 Å². The van der Waals surface area contributed by atoms with Gasteiger partial charge in [-0.05, 0) is 6.07 Å². The van der Waals surface area contributed by atoms with E-state index in [0.717, 1.165) is 12.1 Å². The highest BCUT2D eigenvalue weighted by molar-refractivity contribution is 5.88. The Morgan fingerprint density at radius 1 is 1.23 bits per heavy atom. The Morgan fingerprint density at radius 2 is 1.77 bits per heavy atom. The van der Waals surface area contributed by atoms with Crippen molar-refractivity contribution in [3.05, 3.63) is 29.8 Å². The van der Waals surface area contributed by atoms with Gasteiger partial charge in [0.25, 0.3) is 0 Å². The van der Waals surface area contributed by atoms with Gasteiger partial charge >= 0.3 is 24.7 Å². The topological polar surface area (TPSA) is 66.8 Å². The number of aliphatic carboxylic acids is 1. The molecule has 5 nitrogen and oxygen atoms in total. The molecule has 1 aromatic rings. The first-order valence-electron chi connectivity index (χ1n) is 5.66. The van der Waals surface area contributed by atoms with Crippen LogP contribution in [-0.2, 0) is 9.59 Å². The molecular weight excluding hydrogens is 317 g/mol. The van der Waals surface area contributed by atoms with Gasteiger partial charge in [0.05, 0.1) is 0 Å². The van der Waals surface area contributed by atoms with E-state index >= 15 is 0 Å². The standard InChI is InChI=1S/C12H10F5NO4/c1-18(10(21)12(15,16)17)8(9(19)20)6-4-2-3-5-7(6)22-11(13)14/h2-5,8,11H,1H3,(H,19,20). The van der Waals surface area contributed by atoms with Gasteiger partial charge in [0, 0.05) is 12.6 Å². The SMILES string of the molecule is CN(C(=O)C(F)(F)F)C(C(=O)O)c1ccccc1OC(F)F. The third-order valence-electron chi connectivity index (χ3n) is 2.61. The van der Waals surface area contributed by atoms with Crippen LogP contribution in [0, 0.1) is 0 Å². The number of carboxylic acid groups (broad SMARTS) is 1. The lowest BCUT2D eigenvalue weighted by Gasteiger charge is -2.27. The summed E-state index contributed by atoms with van der Waals surface area (Å²) in [6.07, 6.45) is -5.30. The van der Waals surface area contributed by atoms with Gasteiger partial charge in [0.1, 0.15) is 5.75 Å². The van der Waals surface area contributed by atoms with Gasteiger partial charge in [0.2, 0.25) is 0 Å². The molecule has 0 aliphatic heterocycles. The summed E-state index contributed by atoms with van der Waals surface area (Å²) in [5, 5.41) is 9.07. The van der Waals surface area contributed by atoms with Crippen molar-refractivity contribution in [3.63, 3.8) is 0 Å². The maximum atomic E-state index is 12.4. The molecule has 1 N–H and O–H groups in total. The second-order valence-electron chi connectivity index (χ2n) is 4.07. The molecule has 10 heteroatoms. The van der Waals surface area contributed by atoms with Gasteiger partial charge in [-0.15, -0.1) is 0 Å². The summed E-state index contributed by atoms with van der Waals surface area (Å²) in [6, 6.07) is 2.25. The summed E-state index contributed by atoms with van der Waals surface area (Å²) in [6.45, 7) is -3.31. The number of amides is 1. The van der Waals surface area contributed by atoms with E-state index in [0.29, 0.717) is 7.05 Å². The van der Waals surface area contributed by atoms with E-state index in [1.165, 1.54) is 12.1 Å². The van der Waals surface area contributed by atoms with Crippen molar-refractivity contribution in [1.82, 2.24) is 4.90 Å². The monoisotopic (exact) mass is 327 g/mol. The van der Waals surface area contributed by atoms with Crippen molar-refractivity contribution in [2.75, 3.05) is 7.05 Å². The number of likely N-dealkylation sites (N-methyl/N-ethyl adjacent to an activating group) is 1. The van der Waals surface area contributed by atoms with Crippen LogP contribution in [0.4, 0.5) is 22.0 Å². The van der Waals surface area contributed by atoms with Gasteiger partial charge in [-0.1, -0.05) is 18.2 Å². The number of hydrogen-bond acceptors (Lipinski definition) is 3. The molecular formula is C12H10F5NO4. The lowest BCUT2D eigenvalue weighted by atomic mass is 10.0. The van der Waals surface area contributed by atoms with Crippen LogP contribution in [-0.4, -0.2) is 41.7 Å². The molecule has 0 heterocycles. The lowest BCUT2D eigenvalue weighted by molar-refractivity contribution is -0.188. The minimum absolute atomic E-state index is 0.101. The zero-order chi connectivity index (χ0) is 17.1. The van der Waals surface area contributed by atoms with E-state index in [1.54, 1.807) is 0 Å².